The molecule has 24 heavy (non-hydrogen) atoms. The summed E-state index contributed by atoms with van der Waals surface area (Å²) in [5.74, 6) is -0.621. The summed E-state index contributed by atoms with van der Waals surface area (Å²) >= 11 is 6.80. The summed E-state index contributed by atoms with van der Waals surface area (Å²) in [5.41, 5.74) is 0.989. The lowest BCUT2D eigenvalue weighted by molar-refractivity contribution is -0.115. The van der Waals surface area contributed by atoms with Crippen molar-refractivity contribution in [3.63, 3.8) is 0 Å². The summed E-state index contributed by atoms with van der Waals surface area (Å²) in [6, 6.07) is 13.2. The molecule has 0 radical (unpaired) electrons. The van der Waals surface area contributed by atoms with Crippen LogP contribution in [0.5, 0.6) is 5.75 Å². The van der Waals surface area contributed by atoms with Crippen molar-refractivity contribution in [1.82, 2.24) is 5.32 Å². The van der Waals surface area contributed by atoms with Crippen molar-refractivity contribution < 1.29 is 19.1 Å². The molecule has 0 saturated carbocycles. The van der Waals surface area contributed by atoms with Crippen molar-refractivity contribution in [2.75, 3.05) is 0 Å². The highest BCUT2D eigenvalue weighted by atomic mass is 35.5. The molecule has 3 rings (SSSR count). The third-order valence-electron chi connectivity index (χ3n) is 3.12. The van der Waals surface area contributed by atoms with Crippen LogP contribution < -0.4 is 10.1 Å². The standard InChI is InChI=1S/C17H10ClNO4S/c18-13-4-2-1-3-12(13)16(21)23-11-7-5-10(6-8-11)9-14-15(20)19-17(22)24-14/h1-9H,(H,19,20,22)/b14-9-. The molecular weight excluding hydrogens is 350 g/mol. The van der Waals surface area contributed by atoms with E-state index in [1.807, 2.05) is 0 Å². The summed E-state index contributed by atoms with van der Waals surface area (Å²) in [6.07, 6.45) is 1.59. The maximum Gasteiger partial charge on any atom is 0.345 e. The Morgan fingerprint density at radius 2 is 1.79 bits per heavy atom. The Morgan fingerprint density at radius 1 is 1.08 bits per heavy atom. The molecule has 1 aliphatic heterocycles. The molecule has 0 aromatic heterocycles. The fourth-order valence-electron chi connectivity index (χ4n) is 1.99. The van der Waals surface area contributed by atoms with Crippen LogP contribution >= 0.6 is 23.4 Å². The second-order valence-corrected chi connectivity index (χ2v) is 6.21. The van der Waals surface area contributed by atoms with Crippen LogP contribution in [-0.4, -0.2) is 17.1 Å². The van der Waals surface area contributed by atoms with Crippen LogP contribution in [-0.2, 0) is 4.79 Å². The van der Waals surface area contributed by atoms with E-state index in [1.165, 1.54) is 0 Å². The number of amides is 2. The van der Waals surface area contributed by atoms with Crippen LogP contribution in [0.3, 0.4) is 0 Å². The second-order valence-electron chi connectivity index (χ2n) is 4.79. The quantitative estimate of drug-likeness (QED) is 0.511. The Morgan fingerprint density at radius 3 is 2.42 bits per heavy atom. The van der Waals surface area contributed by atoms with E-state index in [4.69, 9.17) is 16.3 Å². The van der Waals surface area contributed by atoms with Crippen molar-refractivity contribution in [3.8, 4) is 5.75 Å². The van der Waals surface area contributed by atoms with E-state index < -0.39 is 17.1 Å². The van der Waals surface area contributed by atoms with E-state index in [1.54, 1.807) is 54.6 Å². The number of thioether (sulfide) groups is 1. The van der Waals surface area contributed by atoms with E-state index >= 15 is 0 Å². The monoisotopic (exact) mass is 359 g/mol. The zero-order valence-corrected chi connectivity index (χ0v) is 13.7. The van der Waals surface area contributed by atoms with Crippen LogP contribution in [0.25, 0.3) is 6.08 Å². The van der Waals surface area contributed by atoms with Gasteiger partial charge < -0.3 is 4.74 Å². The molecule has 1 fully saturated rings. The van der Waals surface area contributed by atoms with Gasteiger partial charge in [-0.2, -0.15) is 0 Å². The van der Waals surface area contributed by atoms with E-state index in [2.05, 4.69) is 5.32 Å². The predicted octanol–water partition coefficient (Wildman–Crippen LogP) is 3.88. The normalized spacial score (nSPS) is 15.5. The maximum absolute atomic E-state index is 12.1. The molecule has 0 bridgehead atoms. The molecule has 1 heterocycles. The molecule has 1 N–H and O–H groups in total. The zero-order chi connectivity index (χ0) is 17.1. The summed E-state index contributed by atoms with van der Waals surface area (Å²) in [4.78, 5) is 35.0. The van der Waals surface area contributed by atoms with Crippen LogP contribution in [0.4, 0.5) is 4.79 Å². The Balaban J connectivity index is 1.72. The van der Waals surface area contributed by atoms with Gasteiger partial charge in [-0.05, 0) is 47.7 Å². The minimum atomic E-state index is -0.553. The molecule has 0 atom stereocenters. The molecule has 0 spiro atoms. The lowest BCUT2D eigenvalue weighted by Crippen LogP contribution is -2.17. The summed E-state index contributed by atoms with van der Waals surface area (Å²) in [5, 5.41) is 2.11. The average Bonchev–Trinajstić information content (AvgIpc) is 2.87. The highest BCUT2D eigenvalue weighted by Gasteiger charge is 2.24. The number of imide groups is 1. The lowest BCUT2D eigenvalue weighted by atomic mass is 10.2. The van der Waals surface area contributed by atoms with Gasteiger partial charge in [0.05, 0.1) is 15.5 Å². The number of ether oxygens (including phenoxy) is 1. The van der Waals surface area contributed by atoms with Crippen molar-refractivity contribution in [3.05, 3.63) is 69.6 Å². The number of benzene rings is 2. The van der Waals surface area contributed by atoms with Crippen molar-refractivity contribution in [2.45, 2.75) is 0 Å². The lowest BCUT2D eigenvalue weighted by Gasteiger charge is -2.06. The smallest absolute Gasteiger partial charge is 0.345 e. The number of nitrogens with one attached hydrogen (secondary N) is 1. The molecule has 120 valence electrons. The SMILES string of the molecule is O=C1NC(=O)/C(=C/c2ccc(OC(=O)c3ccccc3Cl)cc2)S1. The Bertz CT molecular complexity index is 861. The second kappa shape index (κ2) is 6.90. The summed E-state index contributed by atoms with van der Waals surface area (Å²) in [6.45, 7) is 0. The first-order valence-electron chi connectivity index (χ1n) is 6.84. The minimum absolute atomic E-state index is 0.280. The van der Waals surface area contributed by atoms with E-state index in [-0.39, 0.29) is 5.56 Å². The van der Waals surface area contributed by atoms with Crippen molar-refractivity contribution in [2.24, 2.45) is 0 Å². The Kier molecular flexibility index (Phi) is 4.69. The van der Waals surface area contributed by atoms with Gasteiger partial charge >= 0.3 is 5.97 Å². The fraction of sp³-hybridized carbons (Fsp3) is 0. The number of esters is 1. The molecular formula is C17H10ClNO4S. The first-order valence-corrected chi connectivity index (χ1v) is 8.04. The first-order chi connectivity index (χ1) is 11.5. The number of rotatable bonds is 3. The Labute approximate surface area is 146 Å². The minimum Gasteiger partial charge on any atom is -0.423 e. The third-order valence-corrected chi connectivity index (χ3v) is 4.26. The molecule has 0 aliphatic carbocycles. The van der Waals surface area contributed by atoms with Crippen LogP contribution in [0.2, 0.25) is 5.02 Å². The average molecular weight is 360 g/mol. The maximum atomic E-state index is 12.1. The van der Waals surface area contributed by atoms with Gasteiger partial charge in [-0.25, -0.2) is 4.79 Å². The van der Waals surface area contributed by atoms with Crippen molar-refractivity contribution in [1.29, 1.82) is 0 Å². The number of halogens is 1. The number of carbonyl (C=O) groups excluding carboxylic acids is 3. The van der Waals surface area contributed by atoms with Crippen molar-refractivity contribution >= 4 is 46.6 Å². The molecule has 1 saturated heterocycles. The molecule has 5 nitrogen and oxygen atoms in total. The molecule has 7 heteroatoms. The van der Waals surface area contributed by atoms with Gasteiger partial charge in [0, 0.05) is 0 Å². The van der Waals surface area contributed by atoms with E-state index in [0.717, 1.165) is 11.8 Å². The topological polar surface area (TPSA) is 72.5 Å². The van der Waals surface area contributed by atoms with Crippen LogP contribution in [0.15, 0.2) is 53.4 Å². The molecule has 1 aliphatic rings. The van der Waals surface area contributed by atoms with Crippen LogP contribution in [0.1, 0.15) is 15.9 Å². The molecule has 0 unspecified atom stereocenters. The zero-order valence-electron chi connectivity index (χ0n) is 12.1. The van der Waals surface area contributed by atoms with Gasteiger partial charge in [-0.3, -0.25) is 14.9 Å². The number of hydrogen-bond acceptors (Lipinski definition) is 5. The highest BCUT2D eigenvalue weighted by Crippen LogP contribution is 2.26. The summed E-state index contributed by atoms with van der Waals surface area (Å²) < 4.78 is 5.26. The largest absolute Gasteiger partial charge is 0.423 e. The van der Waals surface area contributed by atoms with Gasteiger partial charge in [-0.15, -0.1) is 0 Å². The molecule has 2 aromatic rings. The van der Waals surface area contributed by atoms with Gasteiger partial charge in [0.1, 0.15) is 5.75 Å². The number of carbonyl (C=O) groups is 3. The van der Waals surface area contributed by atoms with Crippen LogP contribution in [0, 0.1) is 0 Å². The fourth-order valence-corrected chi connectivity index (χ4v) is 2.89. The predicted molar refractivity (Wildman–Crippen MR) is 92.0 cm³/mol. The van der Waals surface area contributed by atoms with Gasteiger partial charge in [0.2, 0.25) is 0 Å². The Hall–Kier alpha value is -2.57. The molecule has 2 aromatic carbocycles. The van der Waals surface area contributed by atoms with E-state index in [9.17, 15) is 14.4 Å². The van der Waals surface area contributed by atoms with E-state index in [0.29, 0.717) is 21.2 Å². The summed E-state index contributed by atoms with van der Waals surface area (Å²) in [7, 11) is 0. The highest BCUT2D eigenvalue weighted by molar-refractivity contribution is 8.18. The first kappa shape index (κ1) is 16.3. The third kappa shape index (κ3) is 3.67. The van der Waals surface area contributed by atoms with Gasteiger partial charge in [-0.1, -0.05) is 35.9 Å². The number of hydrogen-bond donors (Lipinski definition) is 1. The molecule has 2 amide bonds. The van der Waals surface area contributed by atoms with Gasteiger partial charge in [0.15, 0.2) is 0 Å². The van der Waals surface area contributed by atoms with Gasteiger partial charge in [0.25, 0.3) is 11.1 Å².